The molecule has 0 radical (unpaired) electrons. The second kappa shape index (κ2) is 5.35. The van der Waals surface area contributed by atoms with E-state index in [1.165, 1.54) is 36.4 Å². The van der Waals surface area contributed by atoms with E-state index in [1.54, 1.807) is 0 Å². The highest BCUT2D eigenvalue weighted by Gasteiger charge is 2.33. The van der Waals surface area contributed by atoms with Gasteiger partial charge in [0, 0.05) is 0 Å². The van der Waals surface area contributed by atoms with Gasteiger partial charge < -0.3 is 16.2 Å². The number of hydrogen-bond donors (Lipinski definition) is 3. The number of anilines is 3. The lowest BCUT2D eigenvalue weighted by atomic mass is 10.1. The number of rotatable bonds is 3. The van der Waals surface area contributed by atoms with Gasteiger partial charge >= 0.3 is 12.1 Å². The Morgan fingerprint density at radius 3 is 2.38 bits per heavy atom. The van der Waals surface area contributed by atoms with Crippen LogP contribution in [-0.2, 0) is 6.18 Å². The fraction of sp³-hybridized carbons (Fsp3) is 0.0714. The van der Waals surface area contributed by atoms with Crippen molar-refractivity contribution in [2.75, 3.05) is 11.1 Å². The highest BCUT2D eigenvalue weighted by atomic mass is 19.4. The van der Waals surface area contributed by atoms with Crippen molar-refractivity contribution in [3.8, 4) is 0 Å². The molecule has 110 valence electrons. The summed E-state index contributed by atoms with van der Waals surface area (Å²) in [6.45, 7) is 0. The summed E-state index contributed by atoms with van der Waals surface area (Å²) in [5.74, 6) is -1.28. The molecule has 0 unspecified atom stereocenters. The molecule has 0 heterocycles. The predicted molar refractivity (Wildman–Crippen MR) is 72.5 cm³/mol. The van der Waals surface area contributed by atoms with Crippen LogP contribution in [-0.4, -0.2) is 11.1 Å². The number of carbonyl (C=O) groups is 1. The number of aromatic carboxylic acids is 1. The first-order chi connectivity index (χ1) is 9.80. The Bertz CT molecular complexity index is 684. The molecule has 0 aliphatic heterocycles. The zero-order valence-electron chi connectivity index (χ0n) is 10.6. The zero-order valence-corrected chi connectivity index (χ0v) is 10.6. The van der Waals surface area contributed by atoms with E-state index in [0.29, 0.717) is 0 Å². The number of nitrogen functional groups attached to an aromatic ring is 1. The summed E-state index contributed by atoms with van der Waals surface area (Å²) >= 11 is 0. The van der Waals surface area contributed by atoms with E-state index in [-0.39, 0.29) is 22.6 Å². The van der Waals surface area contributed by atoms with Crippen molar-refractivity contribution < 1.29 is 23.1 Å². The summed E-state index contributed by atoms with van der Waals surface area (Å²) < 4.78 is 38.8. The number of benzene rings is 2. The largest absolute Gasteiger partial charge is 0.478 e. The minimum Gasteiger partial charge on any atom is -0.478 e. The molecule has 0 amide bonds. The van der Waals surface area contributed by atoms with Crippen LogP contribution >= 0.6 is 0 Å². The van der Waals surface area contributed by atoms with Crippen molar-refractivity contribution in [1.29, 1.82) is 0 Å². The minimum absolute atomic E-state index is 0.0480. The molecule has 0 fully saturated rings. The third-order valence-electron chi connectivity index (χ3n) is 2.82. The fourth-order valence-corrected chi connectivity index (χ4v) is 1.86. The molecule has 4 N–H and O–H groups in total. The van der Waals surface area contributed by atoms with Crippen LogP contribution in [0.3, 0.4) is 0 Å². The van der Waals surface area contributed by atoms with Gasteiger partial charge in [0.2, 0.25) is 0 Å². The molecule has 2 aromatic carbocycles. The van der Waals surface area contributed by atoms with E-state index in [4.69, 9.17) is 10.8 Å². The van der Waals surface area contributed by atoms with E-state index in [0.717, 1.165) is 6.07 Å². The summed E-state index contributed by atoms with van der Waals surface area (Å²) in [4.78, 5) is 11.1. The Hall–Kier alpha value is -2.70. The monoisotopic (exact) mass is 296 g/mol. The van der Waals surface area contributed by atoms with Crippen molar-refractivity contribution in [3.63, 3.8) is 0 Å². The normalized spacial score (nSPS) is 11.2. The number of hydrogen-bond acceptors (Lipinski definition) is 3. The van der Waals surface area contributed by atoms with Crippen LogP contribution in [0.5, 0.6) is 0 Å². The van der Waals surface area contributed by atoms with Crippen molar-refractivity contribution >= 4 is 23.0 Å². The smallest absolute Gasteiger partial charge is 0.418 e. The number of halogens is 3. The molecule has 0 spiro atoms. The molecule has 0 saturated carbocycles. The topological polar surface area (TPSA) is 75.4 Å². The fourth-order valence-electron chi connectivity index (χ4n) is 1.86. The average molecular weight is 296 g/mol. The van der Waals surface area contributed by atoms with Gasteiger partial charge in [0.15, 0.2) is 0 Å². The lowest BCUT2D eigenvalue weighted by Crippen LogP contribution is -2.11. The van der Waals surface area contributed by atoms with Crippen LogP contribution in [0.15, 0.2) is 42.5 Å². The molecule has 2 aromatic rings. The Morgan fingerprint density at radius 1 is 1.10 bits per heavy atom. The van der Waals surface area contributed by atoms with E-state index in [2.05, 4.69) is 5.32 Å². The number of carboxylic acids is 1. The average Bonchev–Trinajstić information content (AvgIpc) is 2.40. The van der Waals surface area contributed by atoms with Crippen LogP contribution in [0.1, 0.15) is 15.9 Å². The van der Waals surface area contributed by atoms with E-state index in [9.17, 15) is 18.0 Å². The number of nitrogens with two attached hydrogens (primary N) is 1. The summed E-state index contributed by atoms with van der Waals surface area (Å²) in [6.07, 6.45) is -4.56. The summed E-state index contributed by atoms with van der Waals surface area (Å²) in [7, 11) is 0. The third kappa shape index (κ3) is 3.07. The molecule has 21 heavy (non-hydrogen) atoms. The van der Waals surface area contributed by atoms with Crippen molar-refractivity contribution in [2.24, 2.45) is 0 Å². The Balaban J connectivity index is 2.52. The van der Waals surface area contributed by atoms with Gasteiger partial charge in [-0.2, -0.15) is 13.2 Å². The number of nitrogens with one attached hydrogen (secondary N) is 1. The molecule has 0 bridgehead atoms. The molecule has 4 nitrogen and oxygen atoms in total. The van der Waals surface area contributed by atoms with Crippen LogP contribution in [0.2, 0.25) is 0 Å². The lowest BCUT2D eigenvalue weighted by Gasteiger charge is -2.17. The van der Waals surface area contributed by atoms with Gasteiger partial charge in [-0.25, -0.2) is 4.79 Å². The number of alkyl halides is 3. The van der Waals surface area contributed by atoms with E-state index in [1.807, 2.05) is 0 Å². The molecule has 2 rings (SSSR count). The van der Waals surface area contributed by atoms with Gasteiger partial charge in [-0.3, -0.25) is 0 Å². The van der Waals surface area contributed by atoms with Gasteiger partial charge in [0.05, 0.1) is 28.2 Å². The third-order valence-corrected chi connectivity index (χ3v) is 2.82. The first-order valence-electron chi connectivity index (χ1n) is 5.85. The molecule has 0 aliphatic carbocycles. The standard InChI is InChI=1S/C14H11F3N2O2/c15-14(16,17)9-5-1-2-7-11(9)19-12-8(13(20)21)4-3-6-10(12)18/h1-7,19H,18H2,(H,20,21). The van der Waals surface area contributed by atoms with Gasteiger partial charge in [-0.1, -0.05) is 18.2 Å². The second-order valence-corrected chi connectivity index (χ2v) is 4.24. The van der Waals surface area contributed by atoms with Gasteiger partial charge in [0.1, 0.15) is 0 Å². The van der Waals surface area contributed by atoms with Crippen molar-refractivity contribution in [1.82, 2.24) is 0 Å². The van der Waals surface area contributed by atoms with Gasteiger partial charge in [-0.15, -0.1) is 0 Å². The Morgan fingerprint density at radius 2 is 1.76 bits per heavy atom. The summed E-state index contributed by atoms with van der Waals surface area (Å²) in [5.41, 5.74) is 4.28. The maximum atomic E-state index is 12.9. The predicted octanol–water partition coefficient (Wildman–Crippen LogP) is 3.73. The van der Waals surface area contributed by atoms with Crippen LogP contribution in [0.25, 0.3) is 0 Å². The SMILES string of the molecule is Nc1cccc(C(=O)O)c1Nc1ccccc1C(F)(F)F. The molecule has 7 heteroatoms. The minimum atomic E-state index is -4.56. The Kier molecular flexibility index (Phi) is 3.75. The van der Waals surface area contributed by atoms with Crippen LogP contribution < -0.4 is 11.1 Å². The quantitative estimate of drug-likeness (QED) is 0.754. The maximum absolute atomic E-state index is 12.9. The lowest BCUT2D eigenvalue weighted by molar-refractivity contribution is -0.136. The molecular weight excluding hydrogens is 285 g/mol. The van der Waals surface area contributed by atoms with Gasteiger partial charge in [0.25, 0.3) is 0 Å². The van der Waals surface area contributed by atoms with Crippen molar-refractivity contribution in [3.05, 3.63) is 53.6 Å². The highest BCUT2D eigenvalue weighted by Crippen LogP contribution is 2.37. The maximum Gasteiger partial charge on any atom is 0.418 e. The first kappa shape index (κ1) is 14.7. The van der Waals surface area contributed by atoms with Crippen LogP contribution in [0, 0.1) is 0 Å². The molecular formula is C14H11F3N2O2. The zero-order chi connectivity index (χ0) is 15.6. The number of carboxylic acid groups (broad SMARTS) is 1. The molecule has 0 aromatic heterocycles. The van der Waals surface area contributed by atoms with E-state index >= 15 is 0 Å². The summed E-state index contributed by atoms with van der Waals surface area (Å²) in [5, 5.41) is 11.6. The van der Waals surface area contributed by atoms with E-state index < -0.39 is 17.7 Å². The summed E-state index contributed by atoms with van der Waals surface area (Å²) in [6, 6.07) is 8.86. The first-order valence-corrected chi connectivity index (χ1v) is 5.85. The molecule has 0 saturated heterocycles. The Labute approximate surface area is 118 Å². The second-order valence-electron chi connectivity index (χ2n) is 4.24. The van der Waals surface area contributed by atoms with Gasteiger partial charge in [-0.05, 0) is 24.3 Å². The van der Waals surface area contributed by atoms with Crippen LogP contribution in [0.4, 0.5) is 30.2 Å². The van der Waals surface area contributed by atoms with Crippen molar-refractivity contribution in [2.45, 2.75) is 6.18 Å². The molecule has 0 atom stereocenters. The number of para-hydroxylation sites is 2. The molecule has 0 aliphatic rings. The highest BCUT2D eigenvalue weighted by molar-refractivity contribution is 5.98.